The summed E-state index contributed by atoms with van der Waals surface area (Å²) in [5, 5.41) is 11.4. The molecule has 0 amide bonds. The second kappa shape index (κ2) is 6.95. The third kappa shape index (κ3) is 3.43. The van der Waals surface area contributed by atoms with Crippen molar-refractivity contribution in [2.45, 2.75) is 32.9 Å². The maximum atomic E-state index is 13.6. The summed E-state index contributed by atoms with van der Waals surface area (Å²) in [6.45, 7) is 5.69. The molecule has 1 aromatic heterocycles. The summed E-state index contributed by atoms with van der Waals surface area (Å²) in [7, 11) is 0. The Bertz CT molecular complexity index is 550. The Morgan fingerprint density at radius 3 is 2.80 bits per heavy atom. The number of rotatable bonds is 6. The van der Waals surface area contributed by atoms with E-state index in [1.165, 1.54) is 6.07 Å². The molecule has 0 aliphatic rings. The van der Waals surface area contributed by atoms with Gasteiger partial charge in [-0.2, -0.15) is 0 Å². The number of aryl methyl sites for hydroxylation is 1. The van der Waals surface area contributed by atoms with Crippen LogP contribution >= 0.6 is 15.9 Å². The molecule has 0 bridgehead atoms. The van der Waals surface area contributed by atoms with Gasteiger partial charge in [-0.1, -0.05) is 35.0 Å². The van der Waals surface area contributed by atoms with Gasteiger partial charge in [-0.25, -0.2) is 9.07 Å². The van der Waals surface area contributed by atoms with Crippen molar-refractivity contribution in [3.8, 4) is 0 Å². The average molecular weight is 341 g/mol. The first-order chi connectivity index (χ1) is 9.65. The summed E-state index contributed by atoms with van der Waals surface area (Å²) in [5.41, 5.74) is 1.81. The minimum Gasteiger partial charge on any atom is -0.305 e. The largest absolute Gasteiger partial charge is 0.305 e. The van der Waals surface area contributed by atoms with E-state index >= 15 is 0 Å². The Labute approximate surface area is 126 Å². The normalized spacial score (nSPS) is 12.6. The van der Waals surface area contributed by atoms with Gasteiger partial charge in [-0.3, -0.25) is 0 Å². The molecule has 108 valence electrons. The number of nitrogens with one attached hydrogen (secondary N) is 1. The third-order valence-electron chi connectivity index (χ3n) is 3.01. The fraction of sp³-hybridized carbons (Fsp3) is 0.429. The molecule has 0 aliphatic carbocycles. The Balaban J connectivity index is 2.41. The molecular weight excluding hydrogens is 323 g/mol. The van der Waals surface area contributed by atoms with Crippen molar-refractivity contribution in [2.24, 2.45) is 0 Å². The van der Waals surface area contributed by atoms with Crippen LogP contribution in [-0.2, 0) is 6.54 Å². The van der Waals surface area contributed by atoms with Crippen molar-refractivity contribution in [3.05, 3.63) is 45.9 Å². The van der Waals surface area contributed by atoms with Gasteiger partial charge in [0.05, 0.1) is 17.9 Å². The fourth-order valence-electron chi connectivity index (χ4n) is 2.21. The maximum Gasteiger partial charge on any atom is 0.124 e. The maximum absolute atomic E-state index is 13.6. The molecule has 2 rings (SSSR count). The lowest BCUT2D eigenvalue weighted by Gasteiger charge is -2.19. The second-order valence-corrected chi connectivity index (χ2v) is 5.49. The first-order valence-electron chi connectivity index (χ1n) is 6.73. The highest BCUT2D eigenvalue weighted by atomic mass is 79.9. The monoisotopic (exact) mass is 340 g/mol. The van der Waals surface area contributed by atoms with E-state index in [2.05, 4.69) is 38.5 Å². The first-order valence-corrected chi connectivity index (χ1v) is 7.52. The molecular formula is C14H18BrFN4. The van der Waals surface area contributed by atoms with Crippen LogP contribution in [0.2, 0.25) is 0 Å². The molecule has 1 unspecified atom stereocenters. The van der Waals surface area contributed by atoms with Gasteiger partial charge in [0.25, 0.3) is 0 Å². The Kier molecular flexibility index (Phi) is 5.25. The van der Waals surface area contributed by atoms with Gasteiger partial charge in [0.1, 0.15) is 5.82 Å². The summed E-state index contributed by atoms with van der Waals surface area (Å²) < 4.78 is 16.2. The standard InChI is InChI=1S/C14H18BrFN4/c1-3-5-20-13(9-18-19-20)14(17-4-2)10-6-11(15)8-12(16)7-10/h6-9,14,17H,3-5H2,1-2H3. The van der Waals surface area contributed by atoms with Crippen LogP contribution in [0, 0.1) is 5.82 Å². The zero-order chi connectivity index (χ0) is 14.5. The van der Waals surface area contributed by atoms with Crippen molar-refractivity contribution in [1.82, 2.24) is 20.3 Å². The van der Waals surface area contributed by atoms with Crippen molar-refractivity contribution < 1.29 is 4.39 Å². The van der Waals surface area contributed by atoms with Crippen molar-refractivity contribution in [2.75, 3.05) is 6.54 Å². The van der Waals surface area contributed by atoms with E-state index in [0.717, 1.165) is 35.2 Å². The van der Waals surface area contributed by atoms with Gasteiger partial charge in [0, 0.05) is 11.0 Å². The minimum atomic E-state index is -0.258. The number of aromatic nitrogens is 3. The molecule has 1 N–H and O–H groups in total. The summed E-state index contributed by atoms with van der Waals surface area (Å²) in [5.74, 6) is -0.258. The van der Waals surface area contributed by atoms with Crippen LogP contribution in [-0.4, -0.2) is 21.5 Å². The predicted octanol–water partition coefficient (Wildman–Crippen LogP) is 3.29. The summed E-state index contributed by atoms with van der Waals surface area (Å²) in [6.07, 6.45) is 2.71. The third-order valence-corrected chi connectivity index (χ3v) is 3.46. The van der Waals surface area contributed by atoms with E-state index < -0.39 is 0 Å². The molecule has 0 fully saturated rings. The molecule has 20 heavy (non-hydrogen) atoms. The molecule has 6 heteroatoms. The predicted molar refractivity (Wildman–Crippen MR) is 79.9 cm³/mol. The lowest BCUT2D eigenvalue weighted by Crippen LogP contribution is -2.25. The van der Waals surface area contributed by atoms with Crippen LogP contribution in [0.1, 0.15) is 37.6 Å². The highest BCUT2D eigenvalue weighted by molar-refractivity contribution is 9.10. The van der Waals surface area contributed by atoms with E-state index in [4.69, 9.17) is 0 Å². The molecule has 1 atom stereocenters. The van der Waals surface area contributed by atoms with Gasteiger partial charge < -0.3 is 5.32 Å². The van der Waals surface area contributed by atoms with Crippen LogP contribution in [0.15, 0.2) is 28.9 Å². The smallest absolute Gasteiger partial charge is 0.124 e. The van der Waals surface area contributed by atoms with Crippen LogP contribution < -0.4 is 5.32 Å². The van der Waals surface area contributed by atoms with E-state index in [1.807, 2.05) is 17.7 Å². The van der Waals surface area contributed by atoms with E-state index in [0.29, 0.717) is 0 Å². The van der Waals surface area contributed by atoms with Crippen LogP contribution in [0.5, 0.6) is 0 Å². The van der Waals surface area contributed by atoms with E-state index in [9.17, 15) is 4.39 Å². The molecule has 0 saturated heterocycles. The Morgan fingerprint density at radius 2 is 2.15 bits per heavy atom. The summed E-state index contributed by atoms with van der Waals surface area (Å²) >= 11 is 3.34. The average Bonchev–Trinajstić information content (AvgIpc) is 2.83. The quantitative estimate of drug-likeness (QED) is 0.877. The number of benzene rings is 1. The Morgan fingerprint density at radius 1 is 1.35 bits per heavy atom. The van der Waals surface area contributed by atoms with Crippen molar-refractivity contribution in [1.29, 1.82) is 0 Å². The number of hydrogen-bond acceptors (Lipinski definition) is 3. The number of hydrogen-bond donors (Lipinski definition) is 1. The van der Waals surface area contributed by atoms with E-state index in [1.54, 1.807) is 12.3 Å². The van der Waals surface area contributed by atoms with Crippen LogP contribution in [0.4, 0.5) is 4.39 Å². The molecule has 2 aromatic rings. The zero-order valence-electron chi connectivity index (χ0n) is 11.6. The molecule has 1 heterocycles. The van der Waals surface area contributed by atoms with Gasteiger partial charge in [-0.05, 0) is 36.7 Å². The lowest BCUT2D eigenvalue weighted by molar-refractivity contribution is 0.509. The second-order valence-electron chi connectivity index (χ2n) is 4.58. The summed E-state index contributed by atoms with van der Waals surface area (Å²) in [6, 6.07) is 4.79. The van der Waals surface area contributed by atoms with Gasteiger partial charge in [-0.15, -0.1) is 5.10 Å². The highest BCUT2D eigenvalue weighted by Crippen LogP contribution is 2.25. The van der Waals surface area contributed by atoms with E-state index in [-0.39, 0.29) is 11.9 Å². The van der Waals surface area contributed by atoms with Gasteiger partial charge in [0.2, 0.25) is 0 Å². The molecule has 0 radical (unpaired) electrons. The van der Waals surface area contributed by atoms with Crippen molar-refractivity contribution in [3.63, 3.8) is 0 Å². The minimum absolute atomic E-state index is 0.117. The van der Waals surface area contributed by atoms with Crippen molar-refractivity contribution >= 4 is 15.9 Å². The highest BCUT2D eigenvalue weighted by Gasteiger charge is 2.19. The lowest BCUT2D eigenvalue weighted by atomic mass is 10.0. The molecule has 0 spiro atoms. The molecule has 0 saturated carbocycles. The van der Waals surface area contributed by atoms with Gasteiger partial charge >= 0.3 is 0 Å². The summed E-state index contributed by atoms with van der Waals surface area (Å²) in [4.78, 5) is 0. The SMILES string of the molecule is CCCn1nncc1C(NCC)c1cc(F)cc(Br)c1. The molecule has 4 nitrogen and oxygen atoms in total. The van der Waals surface area contributed by atoms with Gasteiger partial charge in [0.15, 0.2) is 0 Å². The topological polar surface area (TPSA) is 42.7 Å². The Hall–Kier alpha value is -1.27. The fourth-order valence-corrected chi connectivity index (χ4v) is 2.70. The zero-order valence-corrected chi connectivity index (χ0v) is 13.2. The number of halogens is 2. The molecule has 0 aliphatic heterocycles. The molecule has 1 aromatic carbocycles. The first kappa shape index (κ1) is 15.1. The number of nitrogens with zero attached hydrogens (tertiary/aromatic N) is 3. The van der Waals surface area contributed by atoms with Crippen LogP contribution in [0.25, 0.3) is 0 Å². The van der Waals surface area contributed by atoms with Crippen LogP contribution in [0.3, 0.4) is 0 Å².